The Hall–Kier alpha value is -1.03. The maximum Gasteiger partial charge on any atom is 0.416 e. The number of hydrogen-bond donors (Lipinski definition) is 1. The summed E-state index contributed by atoms with van der Waals surface area (Å²) in [7, 11) is 0. The first-order valence-electron chi connectivity index (χ1n) is 7.41. The lowest BCUT2D eigenvalue weighted by Gasteiger charge is -2.30. The molecular weight excluding hydrogens is 263 g/mol. The second-order valence-corrected chi connectivity index (χ2v) is 5.63. The van der Waals surface area contributed by atoms with E-state index in [2.05, 4.69) is 12.2 Å². The van der Waals surface area contributed by atoms with Crippen LogP contribution < -0.4 is 5.32 Å². The van der Waals surface area contributed by atoms with E-state index in [9.17, 15) is 13.2 Å². The van der Waals surface area contributed by atoms with Gasteiger partial charge in [0.2, 0.25) is 0 Å². The van der Waals surface area contributed by atoms with Gasteiger partial charge in [0.05, 0.1) is 5.56 Å². The Bertz CT molecular complexity index is 411. The van der Waals surface area contributed by atoms with Crippen LogP contribution in [0.2, 0.25) is 0 Å². The summed E-state index contributed by atoms with van der Waals surface area (Å²) in [4.78, 5) is 0. The van der Waals surface area contributed by atoms with Crippen molar-refractivity contribution >= 4 is 0 Å². The largest absolute Gasteiger partial charge is 0.416 e. The summed E-state index contributed by atoms with van der Waals surface area (Å²) < 4.78 is 37.7. The van der Waals surface area contributed by atoms with Gasteiger partial charge in [-0.2, -0.15) is 13.2 Å². The molecule has 1 aliphatic rings. The highest BCUT2D eigenvalue weighted by molar-refractivity contribution is 5.27. The lowest BCUT2D eigenvalue weighted by atomic mass is 9.81. The monoisotopic (exact) mass is 285 g/mol. The van der Waals surface area contributed by atoms with Crippen molar-refractivity contribution in [2.24, 2.45) is 0 Å². The molecule has 0 radical (unpaired) electrons. The Balaban J connectivity index is 2.00. The molecule has 20 heavy (non-hydrogen) atoms. The van der Waals surface area contributed by atoms with Gasteiger partial charge < -0.3 is 5.32 Å². The smallest absolute Gasteiger partial charge is 0.314 e. The van der Waals surface area contributed by atoms with Gasteiger partial charge in [0.25, 0.3) is 0 Å². The van der Waals surface area contributed by atoms with E-state index in [0.29, 0.717) is 12.0 Å². The van der Waals surface area contributed by atoms with Crippen LogP contribution in [0.25, 0.3) is 0 Å². The zero-order valence-corrected chi connectivity index (χ0v) is 11.8. The van der Waals surface area contributed by atoms with Gasteiger partial charge in [0.15, 0.2) is 0 Å². The fourth-order valence-corrected chi connectivity index (χ4v) is 2.97. The summed E-state index contributed by atoms with van der Waals surface area (Å²) in [5, 5.41) is 3.53. The lowest BCUT2D eigenvalue weighted by molar-refractivity contribution is -0.137. The van der Waals surface area contributed by atoms with Gasteiger partial charge in [0, 0.05) is 6.04 Å². The number of halogens is 3. The molecule has 0 aromatic heterocycles. The average molecular weight is 285 g/mol. The number of hydrogen-bond acceptors (Lipinski definition) is 1. The first-order valence-corrected chi connectivity index (χ1v) is 7.41. The highest BCUT2D eigenvalue weighted by atomic mass is 19.4. The van der Waals surface area contributed by atoms with Crippen molar-refractivity contribution in [1.82, 2.24) is 5.32 Å². The van der Waals surface area contributed by atoms with Crippen molar-refractivity contribution in [3.8, 4) is 0 Å². The molecule has 1 N–H and O–H groups in total. The quantitative estimate of drug-likeness (QED) is 0.843. The van der Waals surface area contributed by atoms with E-state index in [1.54, 1.807) is 12.1 Å². The zero-order chi connectivity index (χ0) is 14.6. The Morgan fingerprint density at radius 1 is 1.15 bits per heavy atom. The number of alkyl halides is 3. The van der Waals surface area contributed by atoms with Crippen LogP contribution in [-0.2, 0) is 6.18 Å². The summed E-state index contributed by atoms with van der Waals surface area (Å²) in [6.45, 7) is 3.16. The minimum Gasteiger partial charge on any atom is -0.314 e. The van der Waals surface area contributed by atoms with E-state index in [1.807, 2.05) is 0 Å². The van der Waals surface area contributed by atoms with E-state index in [1.165, 1.54) is 18.6 Å². The first-order chi connectivity index (χ1) is 9.50. The molecule has 2 rings (SSSR count). The topological polar surface area (TPSA) is 12.0 Å². The average Bonchev–Trinajstić information content (AvgIpc) is 2.45. The molecule has 0 amide bonds. The summed E-state index contributed by atoms with van der Waals surface area (Å²) in [5.74, 6) is 0.389. The van der Waals surface area contributed by atoms with Gasteiger partial charge in [-0.1, -0.05) is 25.5 Å². The minimum atomic E-state index is -4.24. The number of rotatable bonds is 4. The van der Waals surface area contributed by atoms with Gasteiger partial charge >= 0.3 is 6.18 Å². The summed E-state index contributed by atoms with van der Waals surface area (Å²) in [6, 6.07) is 6.22. The molecule has 4 heteroatoms. The van der Waals surface area contributed by atoms with Gasteiger partial charge in [-0.3, -0.25) is 0 Å². The van der Waals surface area contributed by atoms with Crippen LogP contribution in [0.15, 0.2) is 24.3 Å². The van der Waals surface area contributed by atoms with Gasteiger partial charge in [-0.15, -0.1) is 0 Å². The molecule has 2 atom stereocenters. The molecule has 1 saturated carbocycles. The van der Waals surface area contributed by atoms with Crippen molar-refractivity contribution in [3.05, 3.63) is 35.4 Å². The molecule has 1 fully saturated rings. The predicted molar refractivity (Wildman–Crippen MR) is 74.7 cm³/mol. The van der Waals surface area contributed by atoms with E-state index in [0.717, 1.165) is 37.8 Å². The fraction of sp³-hybridized carbons (Fsp3) is 0.625. The SMILES string of the molecule is CCCNC1CCCC(c2ccc(C(F)(F)F)cc2)C1. The molecule has 0 saturated heterocycles. The fourth-order valence-electron chi connectivity index (χ4n) is 2.97. The van der Waals surface area contributed by atoms with Crippen molar-refractivity contribution in [1.29, 1.82) is 0 Å². The molecule has 0 spiro atoms. The van der Waals surface area contributed by atoms with Crippen molar-refractivity contribution in [2.45, 2.75) is 57.2 Å². The van der Waals surface area contributed by atoms with Crippen LogP contribution in [0, 0.1) is 0 Å². The molecule has 1 nitrogen and oxygen atoms in total. The highest BCUT2D eigenvalue weighted by Crippen LogP contribution is 2.35. The Kier molecular flexibility index (Phi) is 5.08. The lowest BCUT2D eigenvalue weighted by Crippen LogP contribution is -2.34. The van der Waals surface area contributed by atoms with Crippen LogP contribution in [0.3, 0.4) is 0 Å². The summed E-state index contributed by atoms with van der Waals surface area (Å²) in [5.41, 5.74) is 0.485. The summed E-state index contributed by atoms with van der Waals surface area (Å²) in [6.07, 6.45) is 1.31. The third-order valence-corrected chi connectivity index (χ3v) is 4.07. The molecule has 1 aromatic rings. The molecule has 1 aromatic carbocycles. The van der Waals surface area contributed by atoms with Gasteiger partial charge in [-0.05, 0) is 55.8 Å². The van der Waals surface area contributed by atoms with Crippen molar-refractivity contribution < 1.29 is 13.2 Å². The molecular formula is C16H22F3N. The van der Waals surface area contributed by atoms with Crippen LogP contribution in [0.1, 0.15) is 56.1 Å². The zero-order valence-electron chi connectivity index (χ0n) is 11.8. The molecule has 2 unspecified atom stereocenters. The van der Waals surface area contributed by atoms with Gasteiger partial charge in [-0.25, -0.2) is 0 Å². The van der Waals surface area contributed by atoms with Crippen LogP contribution >= 0.6 is 0 Å². The predicted octanol–water partition coefficient (Wildman–Crippen LogP) is 4.73. The second-order valence-electron chi connectivity index (χ2n) is 5.63. The third-order valence-electron chi connectivity index (χ3n) is 4.07. The van der Waals surface area contributed by atoms with E-state index in [4.69, 9.17) is 0 Å². The number of nitrogens with one attached hydrogen (secondary N) is 1. The standard InChI is InChI=1S/C16H22F3N/c1-2-10-20-15-5-3-4-13(11-15)12-6-8-14(9-7-12)16(17,18)19/h6-9,13,15,20H,2-5,10-11H2,1H3. The molecule has 0 heterocycles. The normalized spacial score (nSPS) is 23.8. The highest BCUT2D eigenvalue weighted by Gasteiger charge is 2.30. The van der Waals surface area contributed by atoms with Gasteiger partial charge in [0.1, 0.15) is 0 Å². The van der Waals surface area contributed by atoms with Crippen LogP contribution in [0.4, 0.5) is 13.2 Å². The van der Waals surface area contributed by atoms with E-state index >= 15 is 0 Å². The Labute approximate surface area is 118 Å². The van der Waals surface area contributed by atoms with E-state index < -0.39 is 11.7 Å². The molecule has 1 aliphatic carbocycles. The van der Waals surface area contributed by atoms with Crippen LogP contribution in [0.5, 0.6) is 0 Å². The second kappa shape index (κ2) is 6.61. The van der Waals surface area contributed by atoms with Crippen molar-refractivity contribution in [2.75, 3.05) is 6.54 Å². The molecule has 0 aliphatic heterocycles. The van der Waals surface area contributed by atoms with Crippen LogP contribution in [-0.4, -0.2) is 12.6 Å². The Morgan fingerprint density at radius 3 is 2.45 bits per heavy atom. The first kappa shape index (κ1) is 15.4. The number of benzene rings is 1. The van der Waals surface area contributed by atoms with E-state index in [-0.39, 0.29) is 0 Å². The summed E-state index contributed by atoms with van der Waals surface area (Å²) >= 11 is 0. The maximum absolute atomic E-state index is 12.6. The Morgan fingerprint density at radius 2 is 1.85 bits per heavy atom. The maximum atomic E-state index is 12.6. The minimum absolute atomic E-state index is 0.389. The van der Waals surface area contributed by atoms with Crippen molar-refractivity contribution in [3.63, 3.8) is 0 Å². The third kappa shape index (κ3) is 3.98. The molecule has 112 valence electrons. The molecule has 0 bridgehead atoms.